The number of benzene rings is 2. The van der Waals surface area contributed by atoms with E-state index in [-0.39, 0.29) is 11.8 Å². The highest BCUT2D eigenvalue weighted by Crippen LogP contribution is 2.15. The zero-order chi connectivity index (χ0) is 19.8. The Bertz CT molecular complexity index is 983. The van der Waals surface area contributed by atoms with Crippen molar-refractivity contribution in [3.05, 3.63) is 102 Å². The normalized spacial score (nSPS) is 11.0. The van der Waals surface area contributed by atoms with Crippen LogP contribution in [0.5, 0.6) is 0 Å². The maximum atomic E-state index is 12.4. The van der Waals surface area contributed by atoms with Gasteiger partial charge in [-0.1, -0.05) is 42.5 Å². The molecule has 5 nitrogen and oxygen atoms in total. The molecule has 0 saturated carbocycles. The summed E-state index contributed by atoms with van der Waals surface area (Å²) in [5.74, 6) is -0.467. The SMILES string of the molecule is C/C(=C\C(=O)Nc1cccc(C(=O)NCc2ccccn2)c1)c1ccccc1. The first-order chi connectivity index (χ1) is 13.6. The highest BCUT2D eigenvalue weighted by atomic mass is 16.2. The zero-order valence-corrected chi connectivity index (χ0v) is 15.6. The summed E-state index contributed by atoms with van der Waals surface area (Å²) in [4.78, 5) is 28.8. The van der Waals surface area contributed by atoms with Gasteiger partial charge in [0, 0.05) is 23.5 Å². The van der Waals surface area contributed by atoms with Crippen LogP contribution in [0.25, 0.3) is 5.57 Å². The van der Waals surface area contributed by atoms with Crippen LogP contribution in [0.2, 0.25) is 0 Å². The van der Waals surface area contributed by atoms with Crippen molar-refractivity contribution in [2.24, 2.45) is 0 Å². The van der Waals surface area contributed by atoms with Crippen LogP contribution in [0, 0.1) is 0 Å². The molecule has 0 saturated heterocycles. The summed E-state index contributed by atoms with van der Waals surface area (Å²) < 4.78 is 0. The van der Waals surface area contributed by atoms with Gasteiger partial charge in [0.05, 0.1) is 12.2 Å². The smallest absolute Gasteiger partial charge is 0.251 e. The molecule has 0 bridgehead atoms. The summed E-state index contributed by atoms with van der Waals surface area (Å²) in [6.07, 6.45) is 3.23. The Hall–Kier alpha value is -3.73. The quantitative estimate of drug-likeness (QED) is 0.642. The number of nitrogens with one attached hydrogen (secondary N) is 2. The zero-order valence-electron chi connectivity index (χ0n) is 15.6. The minimum absolute atomic E-state index is 0.224. The van der Waals surface area contributed by atoms with Crippen molar-refractivity contribution in [2.75, 3.05) is 5.32 Å². The molecule has 28 heavy (non-hydrogen) atoms. The van der Waals surface area contributed by atoms with E-state index in [0.29, 0.717) is 17.8 Å². The number of anilines is 1. The van der Waals surface area contributed by atoms with Crippen LogP contribution in [0.1, 0.15) is 28.5 Å². The first kappa shape index (κ1) is 19.0. The molecule has 2 N–H and O–H groups in total. The molecule has 0 atom stereocenters. The maximum absolute atomic E-state index is 12.4. The Morgan fingerprint density at radius 2 is 1.68 bits per heavy atom. The van der Waals surface area contributed by atoms with E-state index in [1.165, 1.54) is 0 Å². The van der Waals surface area contributed by atoms with Gasteiger partial charge >= 0.3 is 0 Å². The Balaban J connectivity index is 1.62. The number of hydrogen-bond acceptors (Lipinski definition) is 3. The van der Waals surface area contributed by atoms with Gasteiger partial charge in [0.1, 0.15) is 0 Å². The second-order valence-corrected chi connectivity index (χ2v) is 6.27. The third-order valence-electron chi connectivity index (χ3n) is 4.13. The van der Waals surface area contributed by atoms with Crippen molar-refractivity contribution in [3.63, 3.8) is 0 Å². The van der Waals surface area contributed by atoms with Crippen LogP contribution in [-0.2, 0) is 11.3 Å². The second kappa shape index (κ2) is 9.28. The fraction of sp³-hybridized carbons (Fsp3) is 0.0870. The van der Waals surface area contributed by atoms with Gasteiger partial charge in [0.15, 0.2) is 0 Å². The molecule has 140 valence electrons. The minimum atomic E-state index is -0.243. The fourth-order valence-corrected chi connectivity index (χ4v) is 2.67. The lowest BCUT2D eigenvalue weighted by Gasteiger charge is -2.08. The molecule has 0 radical (unpaired) electrons. The van der Waals surface area contributed by atoms with Crippen LogP contribution >= 0.6 is 0 Å². The molecular formula is C23H21N3O2. The molecule has 0 spiro atoms. The van der Waals surface area contributed by atoms with Gasteiger partial charge in [-0.3, -0.25) is 14.6 Å². The van der Waals surface area contributed by atoms with Crippen LogP contribution < -0.4 is 10.6 Å². The Labute approximate surface area is 164 Å². The summed E-state index contributed by atoms with van der Waals surface area (Å²) >= 11 is 0. The lowest BCUT2D eigenvalue weighted by molar-refractivity contribution is -0.111. The van der Waals surface area contributed by atoms with Crippen molar-refractivity contribution < 1.29 is 9.59 Å². The number of carbonyl (C=O) groups excluding carboxylic acids is 2. The number of nitrogens with zero attached hydrogens (tertiary/aromatic N) is 1. The number of carbonyl (C=O) groups is 2. The maximum Gasteiger partial charge on any atom is 0.251 e. The monoisotopic (exact) mass is 371 g/mol. The van der Waals surface area contributed by atoms with Gasteiger partial charge in [-0.05, 0) is 48.4 Å². The van der Waals surface area contributed by atoms with Crippen molar-refractivity contribution in [1.82, 2.24) is 10.3 Å². The van der Waals surface area contributed by atoms with Gasteiger partial charge in [0.2, 0.25) is 5.91 Å². The first-order valence-corrected chi connectivity index (χ1v) is 8.95. The third-order valence-corrected chi connectivity index (χ3v) is 4.13. The van der Waals surface area contributed by atoms with E-state index in [1.54, 1.807) is 36.5 Å². The van der Waals surface area contributed by atoms with Crippen molar-refractivity contribution >= 4 is 23.1 Å². The predicted octanol–water partition coefficient (Wildman–Crippen LogP) is 4.05. The number of amides is 2. The van der Waals surface area contributed by atoms with E-state index >= 15 is 0 Å². The fourth-order valence-electron chi connectivity index (χ4n) is 2.67. The summed E-state index contributed by atoms with van der Waals surface area (Å²) in [5, 5.41) is 5.63. The number of aromatic nitrogens is 1. The predicted molar refractivity (Wildman–Crippen MR) is 111 cm³/mol. The molecule has 0 aliphatic rings. The molecule has 3 rings (SSSR count). The van der Waals surface area contributed by atoms with Gasteiger partial charge < -0.3 is 10.6 Å². The highest BCUT2D eigenvalue weighted by Gasteiger charge is 2.08. The summed E-state index contributed by atoms with van der Waals surface area (Å²) in [6.45, 7) is 2.23. The molecule has 3 aromatic rings. The number of hydrogen-bond donors (Lipinski definition) is 2. The summed E-state index contributed by atoms with van der Waals surface area (Å²) in [7, 11) is 0. The highest BCUT2D eigenvalue weighted by molar-refractivity contribution is 6.04. The van der Waals surface area contributed by atoms with Crippen LogP contribution in [0.3, 0.4) is 0 Å². The van der Waals surface area contributed by atoms with Crippen molar-refractivity contribution in [2.45, 2.75) is 13.5 Å². The Morgan fingerprint density at radius 3 is 2.43 bits per heavy atom. The number of pyridine rings is 1. The molecule has 0 aliphatic carbocycles. The molecule has 0 unspecified atom stereocenters. The third kappa shape index (κ3) is 5.38. The minimum Gasteiger partial charge on any atom is -0.346 e. The molecule has 0 fully saturated rings. The van der Waals surface area contributed by atoms with E-state index in [0.717, 1.165) is 16.8 Å². The topological polar surface area (TPSA) is 71.1 Å². The lowest BCUT2D eigenvalue weighted by Crippen LogP contribution is -2.23. The Morgan fingerprint density at radius 1 is 0.929 bits per heavy atom. The molecular weight excluding hydrogens is 350 g/mol. The van der Waals surface area contributed by atoms with E-state index in [4.69, 9.17) is 0 Å². The van der Waals surface area contributed by atoms with E-state index in [2.05, 4.69) is 15.6 Å². The van der Waals surface area contributed by atoms with Gasteiger partial charge in [-0.25, -0.2) is 0 Å². The second-order valence-electron chi connectivity index (χ2n) is 6.27. The van der Waals surface area contributed by atoms with Crippen molar-refractivity contribution in [3.8, 4) is 0 Å². The van der Waals surface area contributed by atoms with E-state index < -0.39 is 0 Å². The molecule has 1 aromatic heterocycles. The van der Waals surface area contributed by atoms with Crippen LogP contribution in [0.15, 0.2) is 85.1 Å². The number of allylic oxidation sites excluding steroid dienone is 1. The van der Waals surface area contributed by atoms with E-state index in [1.807, 2.05) is 55.5 Å². The summed E-state index contributed by atoms with van der Waals surface area (Å²) in [6, 6.07) is 22.1. The summed E-state index contributed by atoms with van der Waals surface area (Å²) in [5.41, 5.74) is 3.66. The van der Waals surface area contributed by atoms with Crippen molar-refractivity contribution in [1.29, 1.82) is 0 Å². The largest absolute Gasteiger partial charge is 0.346 e. The first-order valence-electron chi connectivity index (χ1n) is 8.95. The average Bonchev–Trinajstić information content (AvgIpc) is 2.73. The van der Waals surface area contributed by atoms with Gasteiger partial charge in [-0.15, -0.1) is 0 Å². The number of rotatable bonds is 6. The molecule has 0 aliphatic heterocycles. The van der Waals surface area contributed by atoms with Crippen LogP contribution in [-0.4, -0.2) is 16.8 Å². The average molecular weight is 371 g/mol. The van der Waals surface area contributed by atoms with Gasteiger partial charge in [-0.2, -0.15) is 0 Å². The standard InChI is InChI=1S/C23H21N3O2/c1-17(18-8-3-2-4-9-18)14-22(27)26-20-12-7-10-19(15-20)23(28)25-16-21-11-5-6-13-24-21/h2-15H,16H2,1H3,(H,25,28)(H,26,27)/b17-14+. The molecule has 1 heterocycles. The van der Waals surface area contributed by atoms with Gasteiger partial charge in [0.25, 0.3) is 5.91 Å². The molecule has 2 aromatic carbocycles. The lowest BCUT2D eigenvalue weighted by atomic mass is 10.1. The van der Waals surface area contributed by atoms with E-state index in [9.17, 15) is 9.59 Å². The Kier molecular flexibility index (Phi) is 6.31. The van der Waals surface area contributed by atoms with Crippen LogP contribution in [0.4, 0.5) is 5.69 Å². The molecule has 2 amide bonds. The molecule has 5 heteroatoms.